The lowest BCUT2D eigenvalue weighted by Gasteiger charge is -2.44. The number of para-hydroxylation sites is 1. The SMILES string of the molecule is COc1cccc2c1OC1(C(=O)Nc3ccc(Br)cc31)N1N=C(c3cccs3)CC21. The molecule has 3 aliphatic rings. The third-order valence-corrected chi connectivity index (χ3v) is 7.19. The van der Waals surface area contributed by atoms with Gasteiger partial charge in [-0.15, -0.1) is 11.3 Å². The molecule has 1 spiro atoms. The molecule has 6 rings (SSSR count). The van der Waals surface area contributed by atoms with E-state index >= 15 is 0 Å². The molecule has 1 amide bonds. The van der Waals surface area contributed by atoms with Crippen molar-refractivity contribution in [3.05, 3.63) is 74.4 Å². The minimum absolute atomic E-state index is 0.142. The van der Waals surface area contributed by atoms with E-state index in [-0.39, 0.29) is 11.9 Å². The van der Waals surface area contributed by atoms with Crippen molar-refractivity contribution in [1.29, 1.82) is 0 Å². The van der Waals surface area contributed by atoms with E-state index in [1.165, 1.54) is 0 Å². The predicted molar refractivity (Wildman–Crippen MR) is 118 cm³/mol. The number of carbonyl (C=O) groups is 1. The molecule has 2 atom stereocenters. The van der Waals surface area contributed by atoms with Crippen molar-refractivity contribution in [2.45, 2.75) is 18.2 Å². The average Bonchev–Trinajstić information content (AvgIpc) is 3.48. The number of methoxy groups -OCH3 is 1. The summed E-state index contributed by atoms with van der Waals surface area (Å²) in [5, 5.41) is 11.8. The first-order valence-electron chi connectivity index (χ1n) is 9.50. The van der Waals surface area contributed by atoms with Crippen LogP contribution in [0.2, 0.25) is 0 Å². The second-order valence-corrected chi connectivity index (χ2v) is 9.22. The summed E-state index contributed by atoms with van der Waals surface area (Å²) in [5.41, 5.74) is 1.97. The van der Waals surface area contributed by atoms with Gasteiger partial charge in [0.15, 0.2) is 11.5 Å². The van der Waals surface area contributed by atoms with Gasteiger partial charge in [-0.2, -0.15) is 5.10 Å². The normalized spacial score (nSPS) is 23.4. The molecule has 8 heteroatoms. The van der Waals surface area contributed by atoms with Gasteiger partial charge in [0.25, 0.3) is 5.91 Å². The fourth-order valence-electron chi connectivity index (χ4n) is 4.46. The summed E-state index contributed by atoms with van der Waals surface area (Å²) >= 11 is 5.18. The molecule has 0 fully saturated rings. The number of thiophene rings is 1. The van der Waals surface area contributed by atoms with Crippen LogP contribution in [0.15, 0.2) is 63.5 Å². The zero-order valence-electron chi connectivity index (χ0n) is 15.9. The highest BCUT2D eigenvalue weighted by atomic mass is 79.9. The number of hydrazone groups is 1. The molecule has 1 aromatic heterocycles. The minimum Gasteiger partial charge on any atom is -0.493 e. The summed E-state index contributed by atoms with van der Waals surface area (Å²) in [6.07, 6.45) is 0.683. The molecule has 6 nitrogen and oxygen atoms in total. The molecule has 150 valence electrons. The van der Waals surface area contributed by atoms with Gasteiger partial charge in [0.2, 0.25) is 0 Å². The largest absolute Gasteiger partial charge is 0.493 e. The summed E-state index contributed by atoms with van der Waals surface area (Å²) in [6, 6.07) is 15.4. The van der Waals surface area contributed by atoms with Gasteiger partial charge < -0.3 is 14.8 Å². The Labute approximate surface area is 185 Å². The molecule has 3 aliphatic heterocycles. The van der Waals surface area contributed by atoms with Crippen molar-refractivity contribution in [3.8, 4) is 11.5 Å². The number of hydrogen-bond acceptors (Lipinski definition) is 6. The summed E-state index contributed by atoms with van der Waals surface area (Å²) < 4.78 is 13.0. The Hall–Kier alpha value is -2.84. The number of nitrogens with one attached hydrogen (secondary N) is 1. The van der Waals surface area contributed by atoms with Crippen LogP contribution in [-0.2, 0) is 10.5 Å². The molecule has 0 radical (unpaired) electrons. The Morgan fingerprint density at radius 1 is 1.30 bits per heavy atom. The van der Waals surface area contributed by atoms with Gasteiger partial charge in [-0.3, -0.25) is 4.79 Å². The number of amides is 1. The highest BCUT2D eigenvalue weighted by Gasteiger charge is 2.61. The van der Waals surface area contributed by atoms with Gasteiger partial charge >= 0.3 is 5.72 Å². The van der Waals surface area contributed by atoms with E-state index in [1.54, 1.807) is 18.4 Å². The maximum atomic E-state index is 13.5. The van der Waals surface area contributed by atoms with Crippen LogP contribution in [-0.4, -0.2) is 23.7 Å². The maximum absolute atomic E-state index is 13.5. The molecule has 0 saturated carbocycles. The summed E-state index contributed by atoms with van der Waals surface area (Å²) in [7, 11) is 1.61. The Kier molecular flexibility index (Phi) is 3.79. The van der Waals surface area contributed by atoms with Crippen LogP contribution in [0, 0.1) is 0 Å². The Morgan fingerprint density at radius 3 is 3.00 bits per heavy atom. The van der Waals surface area contributed by atoms with Crippen LogP contribution in [0.25, 0.3) is 0 Å². The highest BCUT2D eigenvalue weighted by Crippen LogP contribution is 2.56. The lowest BCUT2D eigenvalue weighted by Crippen LogP contribution is -2.55. The summed E-state index contributed by atoms with van der Waals surface area (Å²) in [6.45, 7) is 0. The number of benzene rings is 2. The van der Waals surface area contributed by atoms with Crippen molar-refractivity contribution in [1.82, 2.24) is 5.01 Å². The number of fused-ring (bicyclic) bond motifs is 6. The van der Waals surface area contributed by atoms with Crippen LogP contribution >= 0.6 is 27.3 Å². The van der Waals surface area contributed by atoms with E-state index in [1.807, 2.05) is 52.9 Å². The number of halogens is 1. The molecule has 3 aromatic rings. The Balaban J connectivity index is 1.62. The van der Waals surface area contributed by atoms with Crippen molar-refractivity contribution in [2.24, 2.45) is 5.10 Å². The summed E-state index contributed by atoms with van der Waals surface area (Å²) in [5.74, 6) is 0.938. The smallest absolute Gasteiger partial charge is 0.306 e. The highest BCUT2D eigenvalue weighted by molar-refractivity contribution is 9.10. The van der Waals surface area contributed by atoms with Gasteiger partial charge in [-0.1, -0.05) is 34.1 Å². The average molecular weight is 482 g/mol. The van der Waals surface area contributed by atoms with Crippen LogP contribution in [0.4, 0.5) is 5.69 Å². The maximum Gasteiger partial charge on any atom is 0.306 e. The van der Waals surface area contributed by atoms with E-state index in [0.29, 0.717) is 17.9 Å². The van der Waals surface area contributed by atoms with Crippen molar-refractivity contribution in [2.75, 3.05) is 12.4 Å². The lowest BCUT2D eigenvalue weighted by atomic mass is 9.93. The second kappa shape index (κ2) is 6.33. The minimum atomic E-state index is -1.40. The van der Waals surface area contributed by atoms with Gasteiger partial charge in [0.1, 0.15) is 0 Å². The number of nitrogens with zero attached hydrogens (tertiary/aromatic N) is 2. The van der Waals surface area contributed by atoms with Crippen LogP contribution in [0.5, 0.6) is 11.5 Å². The van der Waals surface area contributed by atoms with Gasteiger partial charge in [-0.25, -0.2) is 5.01 Å². The van der Waals surface area contributed by atoms with Crippen molar-refractivity contribution in [3.63, 3.8) is 0 Å². The second-order valence-electron chi connectivity index (χ2n) is 7.36. The number of ether oxygens (including phenoxy) is 2. The van der Waals surface area contributed by atoms with Crippen molar-refractivity contribution >= 4 is 44.6 Å². The van der Waals surface area contributed by atoms with Gasteiger partial charge in [-0.05, 0) is 35.7 Å². The zero-order chi connectivity index (χ0) is 20.5. The standard InChI is InChI=1S/C22H16BrN3O3S/c1-28-18-5-2-4-13-17-11-16(19-6-3-9-30-19)25-26(17)22(29-20(13)18)14-10-12(23)7-8-15(14)24-21(22)27/h2-10,17H,11H2,1H3,(H,24,27). The monoisotopic (exact) mass is 481 g/mol. The van der Waals surface area contributed by atoms with Crippen LogP contribution in [0.1, 0.15) is 28.5 Å². The van der Waals surface area contributed by atoms with Crippen LogP contribution in [0.3, 0.4) is 0 Å². The zero-order valence-corrected chi connectivity index (χ0v) is 18.3. The van der Waals surface area contributed by atoms with E-state index in [2.05, 4.69) is 27.3 Å². The van der Waals surface area contributed by atoms with Crippen LogP contribution < -0.4 is 14.8 Å². The molecule has 30 heavy (non-hydrogen) atoms. The molecule has 2 unspecified atom stereocenters. The Bertz CT molecular complexity index is 1230. The third-order valence-electron chi connectivity index (χ3n) is 5.78. The third kappa shape index (κ3) is 2.29. The molecular weight excluding hydrogens is 466 g/mol. The molecular formula is C22H16BrN3O3S. The summed E-state index contributed by atoms with van der Waals surface area (Å²) in [4.78, 5) is 14.6. The number of anilines is 1. The predicted octanol–water partition coefficient (Wildman–Crippen LogP) is 4.87. The van der Waals surface area contributed by atoms with Crippen molar-refractivity contribution < 1.29 is 14.3 Å². The lowest BCUT2D eigenvalue weighted by molar-refractivity contribution is -0.161. The quantitative estimate of drug-likeness (QED) is 0.567. The van der Waals surface area contributed by atoms with Gasteiger partial charge in [0.05, 0.1) is 35.0 Å². The topological polar surface area (TPSA) is 63.2 Å². The van der Waals surface area contributed by atoms with E-state index in [4.69, 9.17) is 14.6 Å². The molecule has 0 bridgehead atoms. The van der Waals surface area contributed by atoms with E-state index in [0.717, 1.165) is 31.9 Å². The first kappa shape index (κ1) is 18.0. The fourth-order valence-corrected chi connectivity index (χ4v) is 5.54. The first-order valence-corrected chi connectivity index (χ1v) is 11.2. The molecule has 1 N–H and O–H groups in total. The van der Waals surface area contributed by atoms with E-state index < -0.39 is 5.72 Å². The molecule has 0 saturated heterocycles. The molecule has 0 aliphatic carbocycles. The Morgan fingerprint density at radius 2 is 2.20 bits per heavy atom. The number of hydrogen-bond donors (Lipinski definition) is 1. The number of carbonyl (C=O) groups excluding carboxylic acids is 1. The molecule has 4 heterocycles. The number of rotatable bonds is 2. The van der Waals surface area contributed by atoms with E-state index in [9.17, 15) is 4.79 Å². The van der Waals surface area contributed by atoms with Gasteiger partial charge in [0, 0.05) is 16.5 Å². The fraction of sp³-hybridized carbons (Fsp3) is 0.182. The molecule has 2 aromatic carbocycles. The first-order chi connectivity index (χ1) is 14.6.